The summed E-state index contributed by atoms with van der Waals surface area (Å²) < 4.78 is 39.1. The number of aromatic nitrogens is 1. The average Bonchev–Trinajstić information content (AvgIpc) is 2.18. The minimum Gasteiger partial charge on any atom is -0.505 e. The van der Waals surface area contributed by atoms with Crippen LogP contribution in [0.15, 0.2) is 6.07 Å². The minimum atomic E-state index is -4.92. The van der Waals surface area contributed by atoms with E-state index in [0.717, 1.165) is 6.07 Å². The molecular weight excluding hydrogens is 229 g/mol. The third-order valence-electron chi connectivity index (χ3n) is 1.63. The summed E-state index contributed by atoms with van der Waals surface area (Å²) >= 11 is 0. The average molecular weight is 236 g/mol. The van der Waals surface area contributed by atoms with E-state index in [9.17, 15) is 23.1 Å². The second-order valence-corrected chi connectivity index (χ2v) is 2.72. The van der Waals surface area contributed by atoms with Crippen LogP contribution < -0.4 is 10.5 Å². The Bertz CT molecular complexity index is 406. The highest BCUT2D eigenvalue weighted by Crippen LogP contribution is 2.27. The predicted molar refractivity (Wildman–Crippen MR) is 45.9 cm³/mol. The number of halogens is 3. The van der Waals surface area contributed by atoms with Gasteiger partial charge in [0, 0.05) is 18.2 Å². The number of nitrogens with two attached hydrogens (primary N) is 1. The van der Waals surface area contributed by atoms with E-state index >= 15 is 0 Å². The van der Waals surface area contributed by atoms with Crippen molar-refractivity contribution in [1.82, 2.24) is 4.98 Å². The molecule has 1 aromatic heterocycles. The molecule has 3 N–H and O–H groups in total. The lowest BCUT2D eigenvalue weighted by atomic mass is 10.2. The van der Waals surface area contributed by atoms with E-state index in [4.69, 9.17) is 5.73 Å². The van der Waals surface area contributed by atoms with E-state index in [0.29, 0.717) is 0 Å². The lowest BCUT2D eigenvalue weighted by Crippen LogP contribution is -2.18. The maximum Gasteiger partial charge on any atom is 0.574 e. The van der Waals surface area contributed by atoms with Crippen molar-refractivity contribution in [3.63, 3.8) is 0 Å². The van der Waals surface area contributed by atoms with Crippen LogP contribution in [0.3, 0.4) is 0 Å². The lowest BCUT2D eigenvalue weighted by molar-refractivity contribution is -0.276. The molecule has 1 rings (SSSR count). The summed E-state index contributed by atoms with van der Waals surface area (Å²) in [5, 5.41) is 9.30. The molecule has 0 fully saturated rings. The van der Waals surface area contributed by atoms with Crippen LogP contribution >= 0.6 is 0 Å². The van der Waals surface area contributed by atoms with Gasteiger partial charge < -0.3 is 15.6 Å². The summed E-state index contributed by atoms with van der Waals surface area (Å²) in [6.07, 6.45) is -4.81. The Morgan fingerprint density at radius 1 is 1.56 bits per heavy atom. The minimum absolute atomic E-state index is 0.0589. The van der Waals surface area contributed by atoms with Crippen molar-refractivity contribution in [2.45, 2.75) is 12.9 Å². The van der Waals surface area contributed by atoms with Crippen molar-refractivity contribution in [3.8, 4) is 11.6 Å². The second kappa shape index (κ2) is 4.35. The van der Waals surface area contributed by atoms with E-state index < -0.39 is 23.7 Å². The standard InChI is InChI=1S/C8H7F3N2O3/c9-8(10,11)16-6-1-4(2-12)7(15)5(3-14)13-6/h1,3,15H,2,12H2. The zero-order valence-corrected chi connectivity index (χ0v) is 7.78. The molecule has 88 valence electrons. The van der Waals surface area contributed by atoms with Crippen molar-refractivity contribution in [2.24, 2.45) is 5.73 Å². The van der Waals surface area contributed by atoms with E-state index in [1.54, 1.807) is 0 Å². The Balaban J connectivity index is 3.17. The van der Waals surface area contributed by atoms with E-state index in [1.165, 1.54) is 0 Å². The van der Waals surface area contributed by atoms with Crippen LogP contribution in [0, 0.1) is 0 Å². The largest absolute Gasteiger partial charge is 0.574 e. The number of hydrogen-bond acceptors (Lipinski definition) is 5. The third-order valence-corrected chi connectivity index (χ3v) is 1.63. The molecule has 0 saturated carbocycles. The number of ether oxygens (including phenoxy) is 1. The molecule has 0 saturated heterocycles. The number of rotatable bonds is 3. The SMILES string of the molecule is NCc1cc(OC(F)(F)F)nc(C=O)c1O. The lowest BCUT2D eigenvalue weighted by Gasteiger charge is -2.10. The van der Waals surface area contributed by atoms with Crippen molar-refractivity contribution in [3.05, 3.63) is 17.3 Å². The molecule has 1 heterocycles. The first-order valence-corrected chi connectivity index (χ1v) is 4.01. The summed E-state index contributed by atoms with van der Waals surface area (Å²) in [5.74, 6) is -1.39. The molecule has 0 bridgehead atoms. The number of alkyl halides is 3. The normalized spacial score (nSPS) is 11.2. The summed E-state index contributed by atoms with van der Waals surface area (Å²) in [5.41, 5.74) is 4.55. The first kappa shape index (κ1) is 12.2. The first-order valence-electron chi connectivity index (χ1n) is 4.01. The van der Waals surface area contributed by atoms with Crippen LogP contribution in [0.4, 0.5) is 13.2 Å². The fourth-order valence-electron chi connectivity index (χ4n) is 0.994. The number of aldehydes is 1. The van der Waals surface area contributed by atoms with Gasteiger partial charge in [-0.15, -0.1) is 13.2 Å². The molecule has 0 aliphatic rings. The zero-order valence-electron chi connectivity index (χ0n) is 7.78. The van der Waals surface area contributed by atoms with Gasteiger partial charge in [-0.1, -0.05) is 0 Å². The van der Waals surface area contributed by atoms with Gasteiger partial charge in [0.1, 0.15) is 11.4 Å². The first-order chi connectivity index (χ1) is 7.37. The molecular formula is C8H7F3N2O3. The van der Waals surface area contributed by atoms with Crippen molar-refractivity contribution in [2.75, 3.05) is 0 Å². The topological polar surface area (TPSA) is 85.4 Å². The number of carbonyl (C=O) groups excluding carboxylic acids is 1. The molecule has 0 radical (unpaired) electrons. The maximum atomic E-state index is 11.9. The van der Waals surface area contributed by atoms with Gasteiger partial charge in [0.2, 0.25) is 5.88 Å². The van der Waals surface area contributed by atoms with Crippen LogP contribution in [0.1, 0.15) is 16.1 Å². The number of pyridine rings is 1. The highest BCUT2D eigenvalue weighted by atomic mass is 19.4. The Morgan fingerprint density at radius 3 is 2.62 bits per heavy atom. The maximum absolute atomic E-state index is 11.9. The molecule has 0 unspecified atom stereocenters. The van der Waals surface area contributed by atoms with Gasteiger partial charge in [-0.3, -0.25) is 4.79 Å². The monoisotopic (exact) mass is 236 g/mol. The Labute approximate surface area is 87.7 Å². The smallest absolute Gasteiger partial charge is 0.505 e. The van der Waals surface area contributed by atoms with Crippen LogP contribution in [0.2, 0.25) is 0 Å². The Morgan fingerprint density at radius 2 is 2.19 bits per heavy atom. The number of carbonyl (C=O) groups is 1. The van der Waals surface area contributed by atoms with Crippen molar-refractivity contribution >= 4 is 6.29 Å². The van der Waals surface area contributed by atoms with Crippen LogP contribution in [-0.2, 0) is 6.54 Å². The molecule has 0 aromatic carbocycles. The molecule has 0 atom stereocenters. The van der Waals surface area contributed by atoms with E-state index in [2.05, 4.69) is 9.72 Å². The molecule has 0 spiro atoms. The second-order valence-electron chi connectivity index (χ2n) is 2.72. The molecule has 5 nitrogen and oxygen atoms in total. The van der Waals surface area contributed by atoms with Gasteiger partial charge in [0.05, 0.1) is 0 Å². The Hall–Kier alpha value is -1.83. The molecule has 1 aromatic rings. The summed E-state index contributed by atoms with van der Waals surface area (Å²) in [7, 11) is 0. The highest BCUT2D eigenvalue weighted by molar-refractivity contribution is 5.77. The number of aromatic hydroxyl groups is 1. The fourth-order valence-corrected chi connectivity index (χ4v) is 0.994. The third kappa shape index (κ3) is 2.83. The van der Waals surface area contributed by atoms with Crippen LogP contribution in [0.25, 0.3) is 0 Å². The van der Waals surface area contributed by atoms with Gasteiger partial charge in [0.15, 0.2) is 6.29 Å². The highest BCUT2D eigenvalue weighted by Gasteiger charge is 2.32. The van der Waals surface area contributed by atoms with Crippen molar-refractivity contribution < 1.29 is 27.8 Å². The molecule has 8 heteroatoms. The molecule has 0 aliphatic carbocycles. The van der Waals surface area contributed by atoms with Crippen molar-refractivity contribution in [1.29, 1.82) is 0 Å². The predicted octanol–water partition coefficient (Wildman–Crippen LogP) is 0.957. The van der Waals surface area contributed by atoms with E-state index in [1.807, 2.05) is 0 Å². The zero-order chi connectivity index (χ0) is 12.3. The quantitative estimate of drug-likeness (QED) is 0.763. The summed E-state index contributed by atoms with van der Waals surface area (Å²) in [6.45, 7) is -0.247. The molecule has 0 aliphatic heterocycles. The van der Waals surface area contributed by atoms with Gasteiger partial charge in [0.25, 0.3) is 0 Å². The van der Waals surface area contributed by atoms with E-state index in [-0.39, 0.29) is 18.4 Å². The van der Waals surface area contributed by atoms with Crippen LogP contribution in [-0.4, -0.2) is 22.7 Å². The molecule has 16 heavy (non-hydrogen) atoms. The van der Waals surface area contributed by atoms with Crippen LogP contribution in [0.5, 0.6) is 11.6 Å². The number of nitrogens with zero attached hydrogens (tertiary/aromatic N) is 1. The number of hydrogen-bond donors (Lipinski definition) is 2. The van der Waals surface area contributed by atoms with Gasteiger partial charge in [-0.25, -0.2) is 4.98 Å². The summed E-state index contributed by atoms with van der Waals surface area (Å²) in [6, 6.07) is 0.815. The van der Waals surface area contributed by atoms with Gasteiger partial charge in [-0.2, -0.15) is 0 Å². The fraction of sp³-hybridized carbons (Fsp3) is 0.250. The Kier molecular flexibility index (Phi) is 3.33. The van der Waals surface area contributed by atoms with Gasteiger partial charge in [-0.05, 0) is 0 Å². The molecule has 0 amide bonds. The van der Waals surface area contributed by atoms with Gasteiger partial charge >= 0.3 is 6.36 Å². The summed E-state index contributed by atoms with van der Waals surface area (Å²) in [4.78, 5) is 13.6.